The zero-order valence-electron chi connectivity index (χ0n) is 16.6. The molecule has 0 atom stereocenters. The summed E-state index contributed by atoms with van der Waals surface area (Å²) in [5, 5.41) is 13.9. The van der Waals surface area contributed by atoms with E-state index in [0.29, 0.717) is 32.2 Å². The molecule has 0 radical (unpaired) electrons. The smallest absolute Gasteiger partial charge is 0.257 e. The van der Waals surface area contributed by atoms with Crippen LogP contribution < -0.4 is 20.1 Å². The van der Waals surface area contributed by atoms with Crippen LogP contribution in [-0.4, -0.2) is 42.0 Å². The van der Waals surface area contributed by atoms with Crippen LogP contribution in [0.4, 0.5) is 10.8 Å². The van der Waals surface area contributed by atoms with Crippen LogP contribution in [0.1, 0.15) is 15.9 Å². The molecule has 3 aromatic rings. The van der Waals surface area contributed by atoms with Crippen LogP contribution >= 0.6 is 23.1 Å². The van der Waals surface area contributed by atoms with Gasteiger partial charge in [-0.1, -0.05) is 40.8 Å². The largest absolute Gasteiger partial charge is 0.493 e. The fourth-order valence-corrected chi connectivity index (χ4v) is 3.98. The van der Waals surface area contributed by atoms with Gasteiger partial charge < -0.3 is 14.8 Å². The summed E-state index contributed by atoms with van der Waals surface area (Å²) in [4.78, 5) is 24.5. The first kappa shape index (κ1) is 21.6. The van der Waals surface area contributed by atoms with Gasteiger partial charge in [0, 0.05) is 17.3 Å². The number of carbonyl (C=O) groups excluding carboxylic acids is 2. The summed E-state index contributed by atoms with van der Waals surface area (Å²) in [5.74, 6) is 0.802. The number of aryl methyl sites for hydroxylation is 1. The van der Waals surface area contributed by atoms with Gasteiger partial charge in [-0.05, 0) is 31.2 Å². The van der Waals surface area contributed by atoms with Crippen LogP contribution in [0, 0.1) is 6.92 Å². The first-order valence-electron chi connectivity index (χ1n) is 8.84. The van der Waals surface area contributed by atoms with Crippen molar-refractivity contribution in [2.24, 2.45) is 0 Å². The van der Waals surface area contributed by atoms with Crippen LogP contribution in [0.25, 0.3) is 0 Å². The average molecular weight is 445 g/mol. The molecule has 1 aromatic heterocycles. The number of carbonyl (C=O) groups is 2. The van der Waals surface area contributed by atoms with Gasteiger partial charge in [0.2, 0.25) is 11.0 Å². The molecule has 0 bridgehead atoms. The number of nitrogens with one attached hydrogen (secondary N) is 2. The van der Waals surface area contributed by atoms with E-state index in [4.69, 9.17) is 9.47 Å². The third-order valence-electron chi connectivity index (χ3n) is 3.93. The molecule has 0 saturated carbocycles. The Kier molecular flexibility index (Phi) is 7.26. The normalized spacial score (nSPS) is 10.4. The highest BCUT2D eigenvalue weighted by Gasteiger charge is 2.13. The number of hydrogen-bond donors (Lipinski definition) is 2. The summed E-state index contributed by atoms with van der Waals surface area (Å²) >= 11 is 2.45. The van der Waals surface area contributed by atoms with Crippen molar-refractivity contribution in [2.45, 2.75) is 11.3 Å². The van der Waals surface area contributed by atoms with Crippen LogP contribution in [0.5, 0.6) is 11.5 Å². The highest BCUT2D eigenvalue weighted by atomic mass is 32.2. The number of methoxy groups -OCH3 is 2. The van der Waals surface area contributed by atoms with Crippen LogP contribution in [0.15, 0.2) is 46.8 Å². The van der Waals surface area contributed by atoms with E-state index in [9.17, 15) is 9.59 Å². The Hall–Kier alpha value is -3.11. The Morgan fingerprint density at radius 3 is 2.43 bits per heavy atom. The molecular weight excluding hydrogens is 424 g/mol. The molecule has 0 aliphatic carbocycles. The van der Waals surface area contributed by atoms with Crippen molar-refractivity contribution in [2.75, 3.05) is 30.6 Å². The monoisotopic (exact) mass is 444 g/mol. The van der Waals surface area contributed by atoms with Gasteiger partial charge in [-0.25, -0.2) is 0 Å². The van der Waals surface area contributed by atoms with E-state index in [2.05, 4.69) is 20.8 Å². The predicted octanol–water partition coefficient (Wildman–Crippen LogP) is 3.85. The van der Waals surface area contributed by atoms with Crippen LogP contribution in [0.3, 0.4) is 0 Å². The summed E-state index contributed by atoms with van der Waals surface area (Å²) < 4.78 is 11.0. The molecule has 30 heavy (non-hydrogen) atoms. The van der Waals surface area contributed by atoms with Crippen molar-refractivity contribution in [1.29, 1.82) is 0 Å². The van der Waals surface area contributed by atoms with E-state index in [0.717, 1.165) is 5.56 Å². The van der Waals surface area contributed by atoms with Gasteiger partial charge in [0.25, 0.3) is 5.91 Å². The van der Waals surface area contributed by atoms with Gasteiger partial charge in [0.15, 0.2) is 15.8 Å². The number of aromatic nitrogens is 2. The second kappa shape index (κ2) is 10.1. The molecule has 0 aliphatic rings. The van der Waals surface area contributed by atoms with Crippen molar-refractivity contribution < 1.29 is 19.1 Å². The lowest BCUT2D eigenvalue weighted by atomic mass is 10.1. The predicted molar refractivity (Wildman–Crippen MR) is 118 cm³/mol. The fraction of sp³-hybridized carbons (Fsp3) is 0.200. The SMILES string of the molecule is COc1ccc(NC(=O)CSc2nnc(NC(=O)c3ccc(C)cc3)s2)cc1OC. The number of hydrogen-bond acceptors (Lipinski definition) is 8. The molecule has 10 heteroatoms. The summed E-state index contributed by atoms with van der Waals surface area (Å²) in [6, 6.07) is 12.4. The summed E-state index contributed by atoms with van der Waals surface area (Å²) in [6.07, 6.45) is 0. The molecule has 3 rings (SSSR count). The third kappa shape index (κ3) is 5.71. The van der Waals surface area contributed by atoms with Gasteiger partial charge in [-0.3, -0.25) is 14.9 Å². The van der Waals surface area contributed by atoms with Crippen molar-refractivity contribution in [1.82, 2.24) is 10.2 Å². The minimum absolute atomic E-state index is 0.148. The maximum atomic E-state index is 12.2. The average Bonchev–Trinajstić information content (AvgIpc) is 3.20. The molecule has 8 nitrogen and oxygen atoms in total. The summed E-state index contributed by atoms with van der Waals surface area (Å²) in [5.41, 5.74) is 2.22. The van der Waals surface area contributed by atoms with Crippen molar-refractivity contribution in [3.8, 4) is 11.5 Å². The molecule has 156 valence electrons. The van der Waals surface area contributed by atoms with Crippen LogP contribution in [-0.2, 0) is 4.79 Å². The minimum Gasteiger partial charge on any atom is -0.493 e. The fourth-order valence-electron chi connectivity index (χ4n) is 2.43. The van der Waals surface area contributed by atoms with Crippen molar-refractivity contribution in [3.63, 3.8) is 0 Å². The van der Waals surface area contributed by atoms with Crippen LogP contribution in [0.2, 0.25) is 0 Å². The summed E-state index contributed by atoms with van der Waals surface area (Å²) in [7, 11) is 3.08. The third-order valence-corrected chi connectivity index (χ3v) is 5.91. The highest BCUT2D eigenvalue weighted by molar-refractivity contribution is 8.01. The summed E-state index contributed by atoms with van der Waals surface area (Å²) in [6.45, 7) is 1.96. The van der Waals surface area contributed by atoms with Gasteiger partial charge in [0.05, 0.1) is 20.0 Å². The van der Waals surface area contributed by atoms with Gasteiger partial charge in [0.1, 0.15) is 0 Å². The zero-order chi connectivity index (χ0) is 21.5. The Morgan fingerprint density at radius 2 is 1.73 bits per heavy atom. The van der Waals surface area contributed by atoms with E-state index >= 15 is 0 Å². The molecule has 0 unspecified atom stereocenters. The Labute approximate surface area is 182 Å². The Balaban J connectivity index is 1.52. The molecule has 2 aromatic carbocycles. The standard InChI is InChI=1S/C20H20N4O4S2/c1-12-4-6-13(7-5-12)18(26)22-19-23-24-20(30-19)29-11-17(25)21-14-8-9-15(27-2)16(10-14)28-3/h4-10H,11H2,1-3H3,(H,21,25)(H,22,23,26). The molecule has 2 N–H and O–H groups in total. The van der Waals surface area contributed by atoms with E-state index in [1.54, 1.807) is 37.4 Å². The lowest BCUT2D eigenvalue weighted by Crippen LogP contribution is -2.14. The zero-order valence-corrected chi connectivity index (χ0v) is 18.2. The number of amides is 2. The van der Waals surface area contributed by atoms with Gasteiger partial charge in [-0.15, -0.1) is 10.2 Å². The number of benzene rings is 2. The quantitative estimate of drug-likeness (QED) is 0.402. The van der Waals surface area contributed by atoms with Gasteiger partial charge in [-0.2, -0.15) is 0 Å². The molecule has 0 spiro atoms. The van der Waals surface area contributed by atoms with Crippen molar-refractivity contribution in [3.05, 3.63) is 53.6 Å². The molecule has 1 heterocycles. The number of nitrogens with zero attached hydrogens (tertiary/aromatic N) is 2. The second-order valence-electron chi connectivity index (χ2n) is 6.10. The first-order valence-corrected chi connectivity index (χ1v) is 10.6. The van der Waals surface area contributed by atoms with E-state index in [1.807, 2.05) is 19.1 Å². The van der Waals surface area contributed by atoms with Crippen molar-refractivity contribution >= 4 is 45.7 Å². The number of anilines is 2. The lowest BCUT2D eigenvalue weighted by molar-refractivity contribution is -0.113. The topological polar surface area (TPSA) is 102 Å². The lowest BCUT2D eigenvalue weighted by Gasteiger charge is -2.10. The Morgan fingerprint density at radius 1 is 1.00 bits per heavy atom. The molecule has 0 saturated heterocycles. The molecule has 0 fully saturated rings. The van der Waals surface area contributed by atoms with Gasteiger partial charge >= 0.3 is 0 Å². The maximum absolute atomic E-state index is 12.2. The second-order valence-corrected chi connectivity index (χ2v) is 8.30. The molecular formula is C20H20N4O4S2. The van der Waals surface area contributed by atoms with E-state index < -0.39 is 0 Å². The maximum Gasteiger partial charge on any atom is 0.257 e. The minimum atomic E-state index is -0.256. The number of thioether (sulfide) groups is 1. The van der Waals surface area contributed by atoms with E-state index in [1.165, 1.54) is 30.2 Å². The number of rotatable bonds is 8. The molecule has 2 amide bonds. The highest BCUT2D eigenvalue weighted by Crippen LogP contribution is 2.30. The van der Waals surface area contributed by atoms with E-state index in [-0.39, 0.29) is 17.6 Å². The number of ether oxygens (including phenoxy) is 2. The Bertz CT molecular complexity index is 1040. The first-order chi connectivity index (χ1) is 14.5. The molecule has 0 aliphatic heterocycles.